The fraction of sp³-hybridized carbons (Fsp3) is 0.0769. The summed E-state index contributed by atoms with van der Waals surface area (Å²) in [5.41, 5.74) is -0.334. The van der Waals surface area contributed by atoms with Crippen molar-refractivity contribution in [1.82, 2.24) is 0 Å². The van der Waals surface area contributed by atoms with Gasteiger partial charge in [0.15, 0.2) is 0 Å². The highest BCUT2D eigenvalue weighted by atomic mass is 19.1. The Morgan fingerprint density at radius 1 is 0.765 bits per heavy atom. The van der Waals surface area contributed by atoms with E-state index in [0.717, 1.165) is 6.07 Å². The van der Waals surface area contributed by atoms with Crippen molar-refractivity contribution < 1.29 is 17.6 Å². The number of benzene rings is 2. The molecule has 2 rings (SSSR count). The lowest BCUT2D eigenvalue weighted by Gasteiger charge is -2.09. The van der Waals surface area contributed by atoms with Crippen molar-refractivity contribution >= 4 is 0 Å². The summed E-state index contributed by atoms with van der Waals surface area (Å²) in [6.07, 6.45) is 0. The molecule has 0 aliphatic carbocycles. The van der Waals surface area contributed by atoms with Crippen LogP contribution in [0.15, 0.2) is 30.3 Å². The van der Waals surface area contributed by atoms with Crippen molar-refractivity contribution in [3.63, 3.8) is 0 Å². The average molecular weight is 240 g/mol. The van der Waals surface area contributed by atoms with E-state index in [1.54, 1.807) is 0 Å². The first-order chi connectivity index (χ1) is 8.00. The third-order valence-electron chi connectivity index (χ3n) is 2.48. The minimum Gasteiger partial charge on any atom is -0.207 e. The van der Waals surface area contributed by atoms with E-state index in [9.17, 15) is 17.6 Å². The van der Waals surface area contributed by atoms with Gasteiger partial charge < -0.3 is 0 Å². The van der Waals surface area contributed by atoms with E-state index >= 15 is 0 Å². The Balaban J connectivity index is 2.77. The molecule has 0 nitrogen and oxygen atoms in total. The van der Waals surface area contributed by atoms with E-state index in [0.29, 0.717) is 17.7 Å². The molecule has 0 bridgehead atoms. The molecule has 0 aliphatic rings. The Hall–Kier alpha value is -1.84. The van der Waals surface area contributed by atoms with Gasteiger partial charge in [-0.05, 0) is 18.6 Å². The van der Waals surface area contributed by atoms with Crippen LogP contribution in [0.3, 0.4) is 0 Å². The first-order valence-electron chi connectivity index (χ1n) is 4.90. The first kappa shape index (κ1) is 11.6. The normalized spacial score (nSPS) is 10.6. The van der Waals surface area contributed by atoms with Gasteiger partial charge in [-0.2, -0.15) is 0 Å². The fourth-order valence-electron chi connectivity index (χ4n) is 1.73. The van der Waals surface area contributed by atoms with Crippen LogP contribution in [-0.4, -0.2) is 0 Å². The molecule has 0 heterocycles. The molecule has 2 aromatic rings. The van der Waals surface area contributed by atoms with E-state index in [4.69, 9.17) is 0 Å². The molecule has 88 valence electrons. The van der Waals surface area contributed by atoms with E-state index in [2.05, 4.69) is 0 Å². The Kier molecular flexibility index (Phi) is 2.88. The topological polar surface area (TPSA) is 0 Å². The van der Waals surface area contributed by atoms with E-state index in [-0.39, 0.29) is 5.56 Å². The predicted octanol–water partition coefficient (Wildman–Crippen LogP) is 4.22. The van der Waals surface area contributed by atoms with Gasteiger partial charge in [-0.15, -0.1) is 0 Å². The maximum absolute atomic E-state index is 13.6. The molecule has 0 radical (unpaired) electrons. The van der Waals surface area contributed by atoms with Crippen molar-refractivity contribution in [2.24, 2.45) is 0 Å². The number of aryl methyl sites for hydroxylation is 1. The van der Waals surface area contributed by atoms with Crippen molar-refractivity contribution in [3.05, 3.63) is 59.2 Å². The minimum absolute atomic E-state index is 0.178. The summed E-state index contributed by atoms with van der Waals surface area (Å²) in [6, 6.07) is 5.13. The van der Waals surface area contributed by atoms with Crippen molar-refractivity contribution in [2.45, 2.75) is 6.92 Å². The molecule has 0 N–H and O–H groups in total. The summed E-state index contributed by atoms with van der Waals surface area (Å²) < 4.78 is 53.3. The largest absolute Gasteiger partial charge is 0.207 e. The zero-order valence-corrected chi connectivity index (χ0v) is 8.90. The lowest BCUT2D eigenvalue weighted by Crippen LogP contribution is -1.97. The lowest BCUT2D eigenvalue weighted by molar-refractivity contribution is 0.544. The number of halogens is 4. The maximum atomic E-state index is 13.6. The van der Waals surface area contributed by atoms with E-state index in [1.807, 2.05) is 0 Å². The third kappa shape index (κ3) is 2.02. The van der Waals surface area contributed by atoms with Gasteiger partial charge in [0.1, 0.15) is 23.3 Å². The molecular formula is C13H8F4. The molecule has 0 aromatic heterocycles. The predicted molar refractivity (Wildman–Crippen MR) is 56.4 cm³/mol. The Labute approximate surface area is 95.5 Å². The van der Waals surface area contributed by atoms with Gasteiger partial charge in [-0.25, -0.2) is 17.6 Å². The first-order valence-corrected chi connectivity index (χ1v) is 4.90. The molecule has 4 heteroatoms. The Morgan fingerprint density at radius 2 is 1.35 bits per heavy atom. The minimum atomic E-state index is -1.12. The Morgan fingerprint density at radius 3 is 1.88 bits per heavy atom. The Bertz CT molecular complexity index is 532. The zero-order valence-electron chi connectivity index (χ0n) is 8.90. The van der Waals surface area contributed by atoms with Crippen LogP contribution in [0, 0.1) is 30.2 Å². The van der Waals surface area contributed by atoms with Crippen LogP contribution in [0.25, 0.3) is 11.1 Å². The summed E-state index contributed by atoms with van der Waals surface area (Å²) in [5.74, 6) is -4.00. The molecule has 0 fully saturated rings. The lowest BCUT2D eigenvalue weighted by atomic mass is 9.99. The van der Waals surface area contributed by atoms with Gasteiger partial charge in [-0.1, -0.05) is 12.1 Å². The number of hydrogen-bond donors (Lipinski definition) is 0. The van der Waals surface area contributed by atoms with Gasteiger partial charge in [0, 0.05) is 17.7 Å². The van der Waals surface area contributed by atoms with E-state index in [1.165, 1.54) is 19.1 Å². The van der Waals surface area contributed by atoms with Gasteiger partial charge in [0.25, 0.3) is 0 Å². The monoisotopic (exact) mass is 240 g/mol. The van der Waals surface area contributed by atoms with Gasteiger partial charge >= 0.3 is 0 Å². The molecule has 0 atom stereocenters. The second-order valence-corrected chi connectivity index (χ2v) is 3.68. The van der Waals surface area contributed by atoms with Crippen LogP contribution in [0.5, 0.6) is 0 Å². The summed E-state index contributed by atoms with van der Waals surface area (Å²) in [5, 5.41) is 0. The van der Waals surface area contributed by atoms with Crippen LogP contribution in [0.2, 0.25) is 0 Å². The summed E-state index contributed by atoms with van der Waals surface area (Å²) >= 11 is 0. The van der Waals surface area contributed by atoms with Gasteiger partial charge in [-0.3, -0.25) is 0 Å². The zero-order chi connectivity index (χ0) is 12.6. The highest BCUT2D eigenvalue weighted by Crippen LogP contribution is 2.31. The third-order valence-corrected chi connectivity index (χ3v) is 2.48. The standard InChI is InChI=1S/C13H8F4/c1-7-3-2-4-9(15)12(7)13-10(16)5-8(14)6-11(13)17/h2-6H,1H3. The second kappa shape index (κ2) is 4.20. The molecule has 0 amide bonds. The van der Waals surface area contributed by atoms with E-state index < -0.39 is 28.8 Å². The van der Waals surface area contributed by atoms with Crippen LogP contribution in [-0.2, 0) is 0 Å². The van der Waals surface area contributed by atoms with Crippen molar-refractivity contribution in [2.75, 3.05) is 0 Å². The fourth-order valence-corrected chi connectivity index (χ4v) is 1.73. The number of rotatable bonds is 1. The summed E-state index contributed by atoms with van der Waals surface area (Å²) in [7, 11) is 0. The summed E-state index contributed by atoms with van der Waals surface area (Å²) in [4.78, 5) is 0. The van der Waals surface area contributed by atoms with Crippen LogP contribution < -0.4 is 0 Å². The molecule has 0 aliphatic heterocycles. The number of hydrogen-bond acceptors (Lipinski definition) is 0. The van der Waals surface area contributed by atoms with Crippen molar-refractivity contribution in [3.8, 4) is 11.1 Å². The highest BCUT2D eigenvalue weighted by Gasteiger charge is 2.18. The highest BCUT2D eigenvalue weighted by molar-refractivity contribution is 5.69. The molecule has 17 heavy (non-hydrogen) atoms. The molecule has 2 aromatic carbocycles. The van der Waals surface area contributed by atoms with Gasteiger partial charge in [0.2, 0.25) is 0 Å². The molecule has 0 saturated heterocycles. The van der Waals surface area contributed by atoms with Crippen molar-refractivity contribution in [1.29, 1.82) is 0 Å². The average Bonchev–Trinajstić information content (AvgIpc) is 2.21. The molecule has 0 unspecified atom stereocenters. The smallest absolute Gasteiger partial charge is 0.137 e. The quantitative estimate of drug-likeness (QED) is 0.655. The second-order valence-electron chi connectivity index (χ2n) is 3.68. The molecular weight excluding hydrogens is 232 g/mol. The summed E-state index contributed by atoms with van der Waals surface area (Å²) in [6.45, 7) is 1.53. The van der Waals surface area contributed by atoms with Crippen LogP contribution in [0.4, 0.5) is 17.6 Å². The van der Waals surface area contributed by atoms with Gasteiger partial charge in [0.05, 0.1) is 5.56 Å². The van der Waals surface area contributed by atoms with Crippen LogP contribution in [0.1, 0.15) is 5.56 Å². The van der Waals surface area contributed by atoms with Crippen LogP contribution >= 0.6 is 0 Å². The molecule has 0 spiro atoms. The molecule has 0 saturated carbocycles. The SMILES string of the molecule is Cc1cccc(F)c1-c1c(F)cc(F)cc1F. The maximum Gasteiger partial charge on any atom is 0.137 e.